The number of ether oxygens (including phenoxy) is 1. The first-order valence-electron chi connectivity index (χ1n) is 3.64. The number of amides is 1. The van der Waals surface area contributed by atoms with E-state index in [-0.39, 0.29) is 12.1 Å². The van der Waals surface area contributed by atoms with E-state index in [0.29, 0.717) is 4.70 Å². The molecular weight excluding hydrogens is 144 g/mol. The number of nitrogens with zero attached hydrogens (tertiary/aromatic N) is 2. The van der Waals surface area contributed by atoms with Crippen molar-refractivity contribution in [1.29, 1.82) is 0 Å². The first kappa shape index (κ1) is 10.1. The molecule has 0 atom stereocenters. The van der Waals surface area contributed by atoms with Crippen LogP contribution in [0.2, 0.25) is 0 Å². The van der Waals surface area contributed by atoms with E-state index in [0.717, 1.165) is 0 Å². The maximum absolute atomic E-state index is 10.8. The van der Waals surface area contributed by atoms with E-state index < -0.39 is 6.09 Å². The summed E-state index contributed by atoms with van der Waals surface area (Å²) >= 11 is 0. The molecule has 0 saturated carbocycles. The monoisotopic (exact) mass is 158 g/mol. The lowest BCUT2D eigenvalue weighted by atomic mass is 10.4. The lowest BCUT2D eigenvalue weighted by Crippen LogP contribution is -2.27. The van der Waals surface area contributed by atoms with Gasteiger partial charge in [-0.25, -0.2) is 4.70 Å². The molecule has 0 aliphatic rings. The van der Waals surface area contributed by atoms with Crippen LogP contribution in [0.15, 0.2) is 0 Å². The summed E-state index contributed by atoms with van der Waals surface area (Å²) in [5.41, 5.74) is 9.00. The molecule has 0 spiro atoms. The maximum Gasteiger partial charge on any atom is 0.585 e. The summed E-state index contributed by atoms with van der Waals surface area (Å²) in [5.74, 6) is 0. The fraction of sp³-hybridized carbons (Fsp3) is 0.857. The van der Waals surface area contributed by atoms with Gasteiger partial charge in [-0.1, -0.05) is 0 Å². The maximum atomic E-state index is 10.8. The molecule has 11 heavy (non-hydrogen) atoms. The lowest BCUT2D eigenvalue weighted by molar-refractivity contribution is -0.501. The summed E-state index contributed by atoms with van der Waals surface area (Å²) in [4.78, 5) is 10.8. The van der Waals surface area contributed by atoms with E-state index in [9.17, 15) is 4.79 Å². The molecule has 0 unspecified atom stereocenters. The average Bonchev–Trinajstić information content (AvgIpc) is 1.84. The van der Waals surface area contributed by atoms with Crippen LogP contribution in [0, 0.1) is 0 Å². The second kappa shape index (κ2) is 4.05. The quantitative estimate of drug-likeness (QED) is 0.455. The standard InChI is InChI=1S/C7H14N2O2/c1-5(2)9(8)7(10)11-6(3)4/h5-6H,1-4H3. The van der Waals surface area contributed by atoms with E-state index in [2.05, 4.69) is 0 Å². The molecule has 0 aromatic heterocycles. The van der Waals surface area contributed by atoms with Gasteiger partial charge in [0.25, 0.3) is 0 Å². The molecule has 0 rings (SSSR count). The van der Waals surface area contributed by atoms with Crippen LogP contribution in [-0.2, 0) is 4.74 Å². The Hall–Kier alpha value is -0.930. The van der Waals surface area contributed by atoms with Gasteiger partial charge in [-0.2, -0.15) is 4.79 Å². The van der Waals surface area contributed by atoms with Crippen LogP contribution >= 0.6 is 0 Å². The van der Waals surface area contributed by atoms with Crippen molar-refractivity contribution in [2.45, 2.75) is 39.8 Å². The van der Waals surface area contributed by atoms with Crippen molar-refractivity contribution >= 4 is 6.09 Å². The second-order valence-corrected chi connectivity index (χ2v) is 2.87. The summed E-state index contributed by atoms with van der Waals surface area (Å²) in [7, 11) is 0. The molecule has 0 aromatic rings. The Morgan fingerprint density at radius 2 is 1.82 bits per heavy atom. The Bertz CT molecular complexity index is 164. The highest BCUT2D eigenvalue weighted by molar-refractivity contribution is 5.57. The zero-order valence-corrected chi connectivity index (χ0v) is 7.37. The van der Waals surface area contributed by atoms with Crippen LogP contribution in [0.3, 0.4) is 0 Å². The minimum absolute atomic E-state index is 0.198. The van der Waals surface area contributed by atoms with Gasteiger partial charge in [-0.15, -0.1) is 0 Å². The van der Waals surface area contributed by atoms with Crippen molar-refractivity contribution in [2.24, 2.45) is 0 Å². The van der Waals surface area contributed by atoms with Crippen molar-refractivity contribution in [3.05, 3.63) is 5.53 Å². The molecule has 0 heterocycles. The highest BCUT2D eigenvalue weighted by Gasteiger charge is 2.17. The van der Waals surface area contributed by atoms with Crippen LogP contribution in [0.4, 0.5) is 4.79 Å². The topological polar surface area (TPSA) is 51.6 Å². The predicted octanol–water partition coefficient (Wildman–Crippen LogP) is 1.97. The molecule has 0 aromatic carbocycles. The number of hydrogen-bond acceptors (Lipinski definition) is 2. The molecule has 0 radical (unpaired) electrons. The summed E-state index contributed by atoms with van der Waals surface area (Å²) in [6.07, 6.45) is -0.897. The van der Waals surface area contributed by atoms with Crippen LogP contribution in [0.25, 0.3) is 5.53 Å². The van der Waals surface area contributed by atoms with Crippen LogP contribution < -0.4 is 0 Å². The molecular formula is C7H14N2O2. The van der Waals surface area contributed by atoms with Gasteiger partial charge in [0.05, 0.1) is 0 Å². The van der Waals surface area contributed by atoms with E-state index >= 15 is 0 Å². The fourth-order valence-electron chi connectivity index (χ4n) is 0.466. The smallest absolute Gasteiger partial charge is 0.494 e. The third-order valence-corrected chi connectivity index (χ3v) is 1.01. The van der Waals surface area contributed by atoms with Crippen molar-refractivity contribution in [3.63, 3.8) is 0 Å². The fourth-order valence-corrected chi connectivity index (χ4v) is 0.466. The third-order valence-electron chi connectivity index (χ3n) is 1.01. The molecule has 0 saturated heterocycles. The van der Waals surface area contributed by atoms with Gasteiger partial charge in [0, 0.05) is 0 Å². The summed E-state index contributed by atoms with van der Waals surface area (Å²) in [6, 6.07) is -0.249. The number of carbonyl (C=O) groups is 1. The zero-order valence-electron chi connectivity index (χ0n) is 7.37. The van der Waals surface area contributed by atoms with Gasteiger partial charge in [-0.3, -0.25) is 0 Å². The summed E-state index contributed by atoms with van der Waals surface area (Å²) in [6.45, 7) is 6.85. The minimum Gasteiger partial charge on any atom is -0.494 e. The van der Waals surface area contributed by atoms with Gasteiger partial charge in [-0.05, 0) is 27.7 Å². The van der Waals surface area contributed by atoms with Gasteiger partial charge in [0.2, 0.25) is 0 Å². The van der Waals surface area contributed by atoms with Crippen molar-refractivity contribution < 1.29 is 14.2 Å². The lowest BCUT2D eigenvalue weighted by Gasteiger charge is -2.09. The minimum atomic E-state index is -0.699. The summed E-state index contributed by atoms with van der Waals surface area (Å²) < 4.78 is 5.28. The first-order chi connectivity index (χ1) is 4.95. The van der Waals surface area contributed by atoms with Crippen molar-refractivity contribution in [1.82, 2.24) is 0 Å². The van der Waals surface area contributed by atoms with Crippen LogP contribution in [0.5, 0.6) is 0 Å². The normalized spacial score (nSPS) is 10.4. The Labute approximate surface area is 66.7 Å². The highest BCUT2D eigenvalue weighted by Crippen LogP contribution is 1.96. The molecule has 0 N–H and O–H groups in total. The SMILES string of the molecule is CC(C)OC(=O)[N+](=[N-])C(C)C. The first-order valence-corrected chi connectivity index (χ1v) is 3.64. The van der Waals surface area contributed by atoms with E-state index in [1.54, 1.807) is 27.7 Å². The number of hydrogen-bond donors (Lipinski definition) is 0. The van der Waals surface area contributed by atoms with Crippen molar-refractivity contribution in [2.75, 3.05) is 0 Å². The van der Waals surface area contributed by atoms with Crippen molar-refractivity contribution in [3.8, 4) is 0 Å². The van der Waals surface area contributed by atoms with Gasteiger partial charge in [0.15, 0.2) is 0 Å². The molecule has 0 bridgehead atoms. The van der Waals surface area contributed by atoms with E-state index in [1.165, 1.54) is 0 Å². The third kappa shape index (κ3) is 3.70. The number of rotatable bonds is 2. The molecule has 0 aliphatic carbocycles. The largest absolute Gasteiger partial charge is 0.585 e. The average molecular weight is 158 g/mol. The molecule has 0 fully saturated rings. The van der Waals surface area contributed by atoms with E-state index in [1.807, 2.05) is 0 Å². The molecule has 64 valence electrons. The van der Waals surface area contributed by atoms with E-state index in [4.69, 9.17) is 10.3 Å². The highest BCUT2D eigenvalue weighted by atomic mass is 16.6. The summed E-state index contributed by atoms with van der Waals surface area (Å²) in [5, 5.41) is 0. The predicted molar refractivity (Wildman–Crippen MR) is 40.4 cm³/mol. The van der Waals surface area contributed by atoms with Gasteiger partial charge < -0.3 is 10.3 Å². The zero-order chi connectivity index (χ0) is 9.02. The molecule has 0 aliphatic heterocycles. The molecule has 4 nitrogen and oxygen atoms in total. The number of carbonyl (C=O) groups excluding carboxylic acids is 1. The van der Waals surface area contributed by atoms with Gasteiger partial charge in [0.1, 0.15) is 12.1 Å². The Morgan fingerprint density at radius 1 is 1.36 bits per heavy atom. The second-order valence-electron chi connectivity index (χ2n) is 2.87. The van der Waals surface area contributed by atoms with Gasteiger partial charge >= 0.3 is 6.09 Å². The Morgan fingerprint density at radius 3 is 2.09 bits per heavy atom. The molecule has 1 amide bonds. The molecule has 4 heteroatoms. The van der Waals surface area contributed by atoms with Crippen LogP contribution in [0.1, 0.15) is 27.7 Å². The van der Waals surface area contributed by atoms with Crippen LogP contribution in [-0.4, -0.2) is 22.9 Å². The Kier molecular flexibility index (Phi) is 3.71. The Balaban J connectivity index is 3.94.